The van der Waals surface area contributed by atoms with E-state index in [2.05, 4.69) is 10.6 Å². The molecule has 1 aliphatic heterocycles. The molecule has 2 aromatic rings. The zero-order chi connectivity index (χ0) is 27.8. The van der Waals surface area contributed by atoms with Gasteiger partial charge in [-0.3, -0.25) is 9.59 Å². The fourth-order valence-electron chi connectivity index (χ4n) is 4.26. The number of rotatable bonds is 5. The summed E-state index contributed by atoms with van der Waals surface area (Å²) in [5, 5.41) is 5.23. The van der Waals surface area contributed by atoms with E-state index in [1.807, 2.05) is 13.8 Å². The number of carbonyl (C=O) groups excluding carboxylic acids is 3. The number of urea groups is 1. The predicted octanol–water partition coefficient (Wildman–Crippen LogP) is 3.45. The summed E-state index contributed by atoms with van der Waals surface area (Å²) < 4.78 is 30.3. The van der Waals surface area contributed by atoms with Gasteiger partial charge < -0.3 is 34.6 Å². The van der Waals surface area contributed by atoms with Crippen LogP contribution >= 0.6 is 0 Å². The zero-order valence-corrected chi connectivity index (χ0v) is 22.3. The molecule has 4 amide bonds. The lowest BCUT2D eigenvalue weighted by molar-refractivity contribution is -0.139. The van der Waals surface area contributed by atoms with Gasteiger partial charge in [-0.2, -0.15) is 0 Å². The number of ether oxygens (including phenoxy) is 3. The summed E-state index contributed by atoms with van der Waals surface area (Å²) in [5.41, 5.74) is 0.954. The smallest absolute Gasteiger partial charge is 0.323 e. The molecular formula is C27H35FN4O6. The van der Waals surface area contributed by atoms with Crippen molar-refractivity contribution in [1.82, 2.24) is 9.80 Å². The van der Waals surface area contributed by atoms with Crippen molar-refractivity contribution in [2.45, 2.75) is 26.0 Å². The average Bonchev–Trinajstić information content (AvgIpc) is 2.87. The molecular weight excluding hydrogens is 495 g/mol. The van der Waals surface area contributed by atoms with Gasteiger partial charge in [-0.1, -0.05) is 13.0 Å². The molecule has 0 unspecified atom stereocenters. The van der Waals surface area contributed by atoms with Crippen LogP contribution in [0.5, 0.6) is 5.75 Å². The third-order valence-electron chi connectivity index (χ3n) is 6.38. The molecule has 1 aliphatic rings. The van der Waals surface area contributed by atoms with E-state index in [1.165, 1.54) is 25.3 Å². The lowest BCUT2D eigenvalue weighted by Gasteiger charge is -2.36. The van der Waals surface area contributed by atoms with Crippen LogP contribution in [0, 0.1) is 11.7 Å². The van der Waals surface area contributed by atoms with Gasteiger partial charge in [-0.25, -0.2) is 9.18 Å². The molecule has 0 aromatic heterocycles. The van der Waals surface area contributed by atoms with Crippen molar-refractivity contribution in [3.8, 4) is 5.75 Å². The number of nitrogens with zero attached hydrogens (tertiary/aromatic N) is 2. The third-order valence-corrected chi connectivity index (χ3v) is 6.38. The number of halogens is 1. The van der Waals surface area contributed by atoms with Crippen molar-refractivity contribution >= 4 is 29.2 Å². The number of carbonyl (C=O) groups is 3. The summed E-state index contributed by atoms with van der Waals surface area (Å²) in [6.45, 7) is 4.55. The summed E-state index contributed by atoms with van der Waals surface area (Å²) in [6, 6.07) is 9.29. The number of fused-ring (bicyclic) bond motifs is 1. The number of benzene rings is 2. The van der Waals surface area contributed by atoms with E-state index < -0.39 is 11.8 Å². The summed E-state index contributed by atoms with van der Waals surface area (Å²) in [6.07, 6.45) is -0.315. The van der Waals surface area contributed by atoms with Gasteiger partial charge in [0.25, 0.3) is 5.91 Å². The minimum absolute atomic E-state index is 0.0689. The first-order valence-electron chi connectivity index (χ1n) is 12.3. The van der Waals surface area contributed by atoms with Gasteiger partial charge in [0.05, 0.1) is 17.7 Å². The summed E-state index contributed by atoms with van der Waals surface area (Å²) in [4.78, 5) is 41.9. The number of methoxy groups -OCH3 is 2. The second-order valence-electron chi connectivity index (χ2n) is 9.38. The number of anilines is 2. The number of hydrogen-bond donors (Lipinski definition) is 2. The number of amides is 4. The second kappa shape index (κ2) is 13.2. The molecule has 1 heterocycles. The first kappa shape index (κ1) is 28.9. The Kier molecular flexibility index (Phi) is 10.0. The van der Waals surface area contributed by atoms with Crippen LogP contribution in [-0.4, -0.2) is 87.4 Å². The van der Waals surface area contributed by atoms with E-state index >= 15 is 0 Å². The maximum absolute atomic E-state index is 13.4. The van der Waals surface area contributed by atoms with Gasteiger partial charge in [0.1, 0.15) is 24.8 Å². The standard InChI is InChI=1S/C27H35FN4O6/c1-17-13-32(25(33)16-36-4)18(2)15-38-23-12-21(30-27(35)29-20-8-6-7-19(28)11-20)9-10-22(23)26(34)31(3)14-24(17)37-5/h6-12,17-18,24H,13-16H2,1-5H3,(H2,29,30,35)/t17-,18-,24-/m1/s1. The Morgan fingerprint density at radius 2 is 1.79 bits per heavy atom. The van der Waals surface area contributed by atoms with E-state index in [0.29, 0.717) is 30.0 Å². The first-order valence-corrected chi connectivity index (χ1v) is 12.3. The minimum atomic E-state index is -0.589. The molecule has 0 saturated heterocycles. The lowest BCUT2D eigenvalue weighted by atomic mass is 10.0. The van der Waals surface area contributed by atoms with Gasteiger partial charge >= 0.3 is 6.03 Å². The quantitative estimate of drug-likeness (QED) is 0.613. The number of hydrogen-bond acceptors (Lipinski definition) is 6. The molecule has 2 N–H and O–H groups in total. The molecule has 11 heteroatoms. The maximum atomic E-state index is 13.4. The van der Waals surface area contributed by atoms with Crippen molar-refractivity contribution < 1.29 is 33.0 Å². The fourth-order valence-corrected chi connectivity index (χ4v) is 4.26. The second-order valence-corrected chi connectivity index (χ2v) is 9.38. The van der Waals surface area contributed by atoms with Crippen LogP contribution in [0.3, 0.4) is 0 Å². The highest BCUT2D eigenvalue weighted by Crippen LogP contribution is 2.27. The van der Waals surface area contributed by atoms with Crippen LogP contribution in [0.15, 0.2) is 42.5 Å². The first-order chi connectivity index (χ1) is 18.1. The Bertz CT molecular complexity index is 1150. The van der Waals surface area contributed by atoms with Crippen LogP contribution in [-0.2, 0) is 14.3 Å². The molecule has 10 nitrogen and oxygen atoms in total. The van der Waals surface area contributed by atoms with Crippen LogP contribution < -0.4 is 15.4 Å². The van der Waals surface area contributed by atoms with Crippen LogP contribution in [0.1, 0.15) is 24.2 Å². The van der Waals surface area contributed by atoms with E-state index in [9.17, 15) is 18.8 Å². The Morgan fingerprint density at radius 1 is 1.08 bits per heavy atom. The molecule has 206 valence electrons. The highest BCUT2D eigenvalue weighted by molar-refractivity contribution is 6.01. The van der Waals surface area contributed by atoms with Gasteiger partial charge in [0, 0.05) is 57.7 Å². The molecule has 0 spiro atoms. The van der Waals surface area contributed by atoms with Crippen molar-refractivity contribution in [3.63, 3.8) is 0 Å². The Labute approximate surface area is 222 Å². The molecule has 0 aliphatic carbocycles. The van der Waals surface area contributed by atoms with E-state index in [-0.39, 0.29) is 48.8 Å². The molecule has 0 radical (unpaired) electrons. The van der Waals surface area contributed by atoms with Gasteiger partial charge in [-0.05, 0) is 37.3 Å². The van der Waals surface area contributed by atoms with Crippen molar-refractivity contribution in [2.75, 3.05) is 58.2 Å². The van der Waals surface area contributed by atoms with Gasteiger partial charge in [0.2, 0.25) is 5.91 Å². The molecule has 3 rings (SSSR count). The van der Waals surface area contributed by atoms with Crippen LogP contribution in [0.25, 0.3) is 0 Å². The van der Waals surface area contributed by atoms with Crippen molar-refractivity contribution in [1.29, 1.82) is 0 Å². The minimum Gasteiger partial charge on any atom is -0.491 e. The Morgan fingerprint density at radius 3 is 2.45 bits per heavy atom. The largest absolute Gasteiger partial charge is 0.491 e. The average molecular weight is 531 g/mol. The summed E-state index contributed by atoms with van der Waals surface area (Å²) in [5.74, 6) is -0.752. The van der Waals surface area contributed by atoms with Crippen LogP contribution in [0.2, 0.25) is 0 Å². The monoisotopic (exact) mass is 530 g/mol. The normalized spacial score (nSPS) is 20.5. The summed E-state index contributed by atoms with van der Waals surface area (Å²) >= 11 is 0. The number of nitrogens with one attached hydrogen (secondary N) is 2. The molecule has 3 atom stereocenters. The fraction of sp³-hybridized carbons (Fsp3) is 0.444. The van der Waals surface area contributed by atoms with Gasteiger partial charge in [0.15, 0.2) is 0 Å². The molecule has 0 bridgehead atoms. The lowest BCUT2D eigenvalue weighted by Crippen LogP contribution is -2.49. The topological polar surface area (TPSA) is 109 Å². The SMILES string of the molecule is COCC(=O)N1C[C@@H](C)[C@H](OC)CN(C)C(=O)c2ccc(NC(=O)Nc3cccc(F)c3)cc2OC[C@H]1C. The van der Waals surface area contributed by atoms with E-state index in [0.717, 1.165) is 0 Å². The van der Waals surface area contributed by atoms with Gasteiger partial charge in [-0.15, -0.1) is 0 Å². The molecule has 2 aromatic carbocycles. The van der Waals surface area contributed by atoms with Crippen molar-refractivity contribution in [3.05, 3.63) is 53.8 Å². The highest BCUT2D eigenvalue weighted by atomic mass is 19.1. The molecule has 0 saturated carbocycles. The highest BCUT2D eigenvalue weighted by Gasteiger charge is 2.30. The summed E-state index contributed by atoms with van der Waals surface area (Å²) in [7, 11) is 4.72. The zero-order valence-electron chi connectivity index (χ0n) is 22.3. The maximum Gasteiger partial charge on any atom is 0.323 e. The number of likely N-dealkylation sites (N-methyl/N-ethyl adjacent to an activating group) is 1. The van der Waals surface area contributed by atoms with Crippen LogP contribution in [0.4, 0.5) is 20.6 Å². The van der Waals surface area contributed by atoms with E-state index in [4.69, 9.17) is 14.2 Å². The van der Waals surface area contributed by atoms with Crippen molar-refractivity contribution in [2.24, 2.45) is 5.92 Å². The predicted molar refractivity (Wildman–Crippen MR) is 141 cm³/mol. The Balaban J connectivity index is 1.88. The molecule has 0 fully saturated rings. The Hall–Kier alpha value is -3.70. The van der Waals surface area contributed by atoms with E-state index in [1.54, 1.807) is 48.2 Å². The third kappa shape index (κ3) is 7.42. The molecule has 38 heavy (non-hydrogen) atoms.